The van der Waals surface area contributed by atoms with Crippen LogP contribution >= 0.6 is 11.6 Å². The molecule has 4 heterocycles. The van der Waals surface area contributed by atoms with E-state index in [0.717, 1.165) is 31.2 Å². The second-order valence-corrected chi connectivity index (χ2v) is 7.99. The average Bonchev–Trinajstić information content (AvgIpc) is 3.33. The van der Waals surface area contributed by atoms with Crippen molar-refractivity contribution < 1.29 is 13.7 Å². The van der Waals surface area contributed by atoms with Gasteiger partial charge in [-0.05, 0) is 56.0 Å². The molecule has 0 spiro atoms. The van der Waals surface area contributed by atoms with Gasteiger partial charge in [0, 0.05) is 41.5 Å². The quantitative estimate of drug-likeness (QED) is 0.634. The number of benzene rings is 1. The van der Waals surface area contributed by atoms with Crippen molar-refractivity contribution >= 4 is 17.5 Å². The topological polar surface area (TPSA) is 72.1 Å². The van der Waals surface area contributed by atoms with Gasteiger partial charge in [0.1, 0.15) is 5.82 Å². The molecule has 0 aliphatic carbocycles. The molecule has 5 rings (SSSR count). The van der Waals surface area contributed by atoms with E-state index in [-0.39, 0.29) is 28.9 Å². The van der Waals surface area contributed by atoms with E-state index in [1.54, 1.807) is 12.4 Å². The number of hydrogen-bond donors (Lipinski definition) is 0. The van der Waals surface area contributed by atoms with Crippen molar-refractivity contribution in [3.8, 4) is 11.4 Å². The van der Waals surface area contributed by atoms with E-state index in [4.69, 9.17) is 16.1 Å². The van der Waals surface area contributed by atoms with Gasteiger partial charge in [0.25, 0.3) is 5.91 Å². The molecule has 0 radical (unpaired) electrons. The first kappa shape index (κ1) is 18.2. The van der Waals surface area contributed by atoms with Crippen LogP contribution in [0.1, 0.15) is 47.8 Å². The smallest absolute Gasteiger partial charge is 0.254 e. The number of carbonyl (C=O) groups is 1. The standard InChI is InChI=1S/C21H18ClFN4O2/c22-17-11-13(1-4-18(17)23)21(28)27-15-2-3-16(27)10-14(9-15)20-25-19(26-29-20)12-5-7-24-8-6-12/h1,4-8,11,14-16H,2-3,9-10H2/t14?,15-,16+. The van der Waals surface area contributed by atoms with Gasteiger partial charge in [0.05, 0.1) is 5.02 Å². The highest BCUT2D eigenvalue weighted by Gasteiger charge is 2.45. The number of fused-ring (bicyclic) bond motifs is 2. The predicted molar refractivity (Wildman–Crippen MR) is 104 cm³/mol. The average molecular weight is 413 g/mol. The molecule has 3 atom stereocenters. The number of hydrogen-bond acceptors (Lipinski definition) is 5. The molecule has 1 unspecified atom stereocenters. The number of amides is 1. The first-order valence-corrected chi connectivity index (χ1v) is 9.99. The van der Waals surface area contributed by atoms with E-state index in [1.807, 2.05) is 17.0 Å². The predicted octanol–water partition coefficient (Wildman–Crippen LogP) is 4.47. The van der Waals surface area contributed by atoms with Gasteiger partial charge in [0.15, 0.2) is 0 Å². The Morgan fingerprint density at radius 3 is 2.55 bits per heavy atom. The zero-order chi connectivity index (χ0) is 20.0. The zero-order valence-corrected chi connectivity index (χ0v) is 16.2. The minimum atomic E-state index is -0.522. The maximum Gasteiger partial charge on any atom is 0.254 e. The van der Waals surface area contributed by atoms with Gasteiger partial charge in [-0.15, -0.1) is 0 Å². The molecule has 1 amide bonds. The Morgan fingerprint density at radius 1 is 1.14 bits per heavy atom. The summed E-state index contributed by atoms with van der Waals surface area (Å²) in [5.74, 6) is 0.670. The molecule has 8 heteroatoms. The van der Waals surface area contributed by atoms with Crippen LogP contribution in [0.3, 0.4) is 0 Å². The molecule has 148 valence electrons. The summed E-state index contributed by atoms with van der Waals surface area (Å²) in [5, 5.41) is 4.07. The van der Waals surface area contributed by atoms with Crippen LogP contribution in [-0.2, 0) is 0 Å². The van der Waals surface area contributed by atoms with Crippen molar-refractivity contribution in [2.24, 2.45) is 0 Å². The van der Waals surface area contributed by atoms with E-state index in [9.17, 15) is 9.18 Å². The summed E-state index contributed by atoms with van der Waals surface area (Å²) in [6.45, 7) is 0. The molecule has 2 aliphatic heterocycles. The van der Waals surface area contributed by atoms with Crippen molar-refractivity contribution in [2.45, 2.75) is 43.7 Å². The molecular weight excluding hydrogens is 395 g/mol. The summed E-state index contributed by atoms with van der Waals surface area (Å²) in [6, 6.07) is 8.03. The van der Waals surface area contributed by atoms with Crippen molar-refractivity contribution in [3.05, 3.63) is 65.0 Å². The highest BCUT2D eigenvalue weighted by atomic mass is 35.5. The number of aromatic nitrogens is 3. The van der Waals surface area contributed by atoms with E-state index in [0.29, 0.717) is 17.3 Å². The summed E-state index contributed by atoms with van der Waals surface area (Å²) in [7, 11) is 0. The fourth-order valence-corrected chi connectivity index (χ4v) is 4.69. The van der Waals surface area contributed by atoms with E-state index in [1.165, 1.54) is 18.2 Å². The third kappa shape index (κ3) is 3.29. The minimum absolute atomic E-state index is 0.0346. The molecule has 0 saturated carbocycles. The van der Waals surface area contributed by atoms with Crippen LogP contribution in [0.5, 0.6) is 0 Å². The van der Waals surface area contributed by atoms with Gasteiger partial charge in [-0.25, -0.2) is 4.39 Å². The molecule has 2 bridgehead atoms. The number of nitrogens with zero attached hydrogens (tertiary/aromatic N) is 4. The fourth-order valence-electron chi connectivity index (χ4n) is 4.51. The molecule has 2 fully saturated rings. The lowest BCUT2D eigenvalue weighted by atomic mass is 9.90. The lowest BCUT2D eigenvalue weighted by Crippen LogP contribution is -2.46. The summed E-state index contributed by atoms with van der Waals surface area (Å²) >= 11 is 5.86. The Bertz CT molecular complexity index is 1040. The van der Waals surface area contributed by atoms with Crippen LogP contribution in [-0.4, -0.2) is 38.0 Å². The van der Waals surface area contributed by atoms with Crippen LogP contribution in [0, 0.1) is 5.82 Å². The van der Waals surface area contributed by atoms with Gasteiger partial charge in [-0.3, -0.25) is 9.78 Å². The third-order valence-corrected chi connectivity index (χ3v) is 6.15. The van der Waals surface area contributed by atoms with E-state index < -0.39 is 5.82 Å². The van der Waals surface area contributed by atoms with Crippen molar-refractivity contribution in [3.63, 3.8) is 0 Å². The van der Waals surface area contributed by atoms with Crippen molar-refractivity contribution in [1.29, 1.82) is 0 Å². The molecule has 2 aliphatic rings. The lowest BCUT2D eigenvalue weighted by molar-refractivity contribution is 0.0555. The van der Waals surface area contributed by atoms with Crippen LogP contribution in [0.15, 0.2) is 47.2 Å². The summed E-state index contributed by atoms with van der Waals surface area (Å²) < 4.78 is 19.0. The normalized spacial score (nSPS) is 23.4. The first-order valence-electron chi connectivity index (χ1n) is 9.62. The Hall–Kier alpha value is -2.80. The fraction of sp³-hybridized carbons (Fsp3) is 0.333. The maximum atomic E-state index is 13.5. The molecule has 0 N–H and O–H groups in total. The van der Waals surface area contributed by atoms with Crippen LogP contribution in [0.25, 0.3) is 11.4 Å². The summed E-state index contributed by atoms with van der Waals surface area (Å²) in [5.41, 5.74) is 1.28. The Balaban J connectivity index is 1.34. The maximum absolute atomic E-state index is 13.5. The van der Waals surface area contributed by atoms with Gasteiger partial charge in [0.2, 0.25) is 11.7 Å². The molecule has 29 heavy (non-hydrogen) atoms. The third-order valence-electron chi connectivity index (χ3n) is 5.86. The number of rotatable bonds is 3. The number of pyridine rings is 1. The highest BCUT2D eigenvalue weighted by Crippen LogP contribution is 2.43. The van der Waals surface area contributed by atoms with E-state index in [2.05, 4.69) is 15.1 Å². The second-order valence-electron chi connectivity index (χ2n) is 7.59. The minimum Gasteiger partial charge on any atom is -0.339 e. The summed E-state index contributed by atoms with van der Waals surface area (Å²) in [4.78, 5) is 23.6. The monoisotopic (exact) mass is 412 g/mol. The zero-order valence-electron chi connectivity index (χ0n) is 15.5. The Morgan fingerprint density at radius 2 is 1.86 bits per heavy atom. The highest BCUT2D eigenvalue weighted by molar-refractivity contribution is 6.31. The largest absolute Gasteiger partial charge is 0.339 e. The summed E-state index contributed by atoms with van der Waals surface area (Å²) in [6.07, 6.45) is 6.81. The van der Waals surface area contributed by atoms with Crippen LogP contribution in [0.2, 0.25) is 5.02 Å². The number of halogens is 2. The lowest BCUT2D eigenvalue weighted by Gasteiger charge is -2.38. The van der Waals surface area contributed by atoms with Crippen LogP contribution < -0.4 is 0 Å². The Labute approximate surface area is 171 Å². The van der Waals surface area contributed by atoms with Gasteiger partial charge >= 0.3 is 0 Å². The van der Waals surface area contributed by atoms with Crippen LogP contribution in [0.4, 0.5) is 4.39 Å². The van der Waals surface area contributed by atoms with Gasteiger partial charge in [-0.1, -0.05) is 16.8 Å². The molecule has 2 saturated heterocycles. The first-order chi connectivity index (χ1) is 14.1. The molecule has 6 nitrogen and oxygen atoms in total. The van der Waals surface area contributed by atoms with Gasteiger partial charge < -0.3 is 9.42 Å². The van der Waals surface area contributed by atoms with Gasteiger partial charge in [-0.2, -0.15) is 4.98 Å². The molecular formula is C21H18ClFN4O2. The van der Waals surface area contributed by atoms with Crippen molar-refractivity contribution in [1.82, 2.24) is 20.0 Å². The molecule has 2 aromatic heterocycles. The SMILES string of the molecule is O=C(c1ccc(F)c(Cl)c1)N1[C@@H]2CC[C@H]1CC(c1nc(-c3ccncc3)no1)C2. The molecule has 1 aromatic carbocycles. The Kier molecular flexibility index (Phi) is 4.54. The second kappa shape index (κ2) is 7.22. The number of carbonyl (C=O) groups excluding carboxylic acids is 1. The van der Waals surface area contributed by atoms with Crippen molar-refractivity contribution in [2.75, 3.05) is 0 Å². The van der Waals surface area contributed by atoms with E-state index >= 15 is 0 Å². The number of piperidine rings is 1. The molecule has 3 aromatic rings.